The molecule has 0 aliphatic carbocycles. The van der Waals surface area contributed by atoms with Crippen molar-refractivity contribution < 1.29 is 19.2 Å². The van der Waals surface area contributed by atoms with E-state index in [4.69, 9.17) is 14.8 Å². The summed E-state index contributed by atoms with van der Waals surface area (Å²) in [5.74, 6) is 0.178. The van der Waals surface area contributed by atoms with Gasteiger partial charge in [-0.1, -0.05) is 12.1 Å². The fourth-order valence-electron chi connectivity index (χ4n) is 1.88. The summed E-state index contributed by atoms with van der Waals surface area (Å²) in [7, 11) is -1.69. The van der Waals surface area contributed by atoms with Crippen molar-refractivity contribution in [2.24, 2.45) is 0 Å². The van der Waals surface area contributed by atoms with Crippen LogP contribution in [0.1, 0.15) is 16.7 Å². The van der Waals surface area contributed by atoms with Crippen LogP contribution in [0.5, 0.6) is 5.75 Å². The molecule has 0 aliphatic rings. The predicted molar refractivity (Wildman–Crippen MR) is 76.5 cm³/mol. The SMILES string of the molecule is Cc1ccc(OCc2cc(F)cc(B(O)O)c2)cc1C. The van der Waals surface area contributed by atoms with Gasteiger partial charge in [0.2, 0.25) is 0 Å². The van der Waals surface area contributed by atoms with Gasteiger partial charge < -0.3 is 14.8 Å². The lowest BCUT2D eigenvalue weighted by molar-refractivity contribution is 0.305. The maximum atomic E-state index is 13.4. The third-order valence-electron chi connectivity index (χ3n) is 3.16. The Balaban J connectivity index is 2.12. The number of ether oxygens (including phenoxy) is 1. The summed E-state index contributed by atoms with van der Waals surface area (Å²) in [6.07, 6.45) is 0. The lowest BCUT2D eigenvalue weighted by Crippen LogP contribution is -2.30. The van der Waals surface area contributed by atoms with E-state index in [1.807, 2.05) is 32.0 Å². The topological polar surface area (TPSA) is 49.7 Å². The van der Waals surface area contributed by atoms with E-state index in [2.05, 4.69) is 0 Å². The monoisotopic (exact) mass is 274 g/mol. The molecule has 0 saturated heterocycles. The van der Waals surface area contributed by atoms with Crippen LogP contribution < -0.4 is 10.2 Å². The van der Waals surface area contributed by atoms with Crippen molar-refractivity contribution >= 4 is 12.6 Å². The maximum Gasteiger partial charge on any atom is 0.488 e. The van der Waals surface area contributed by atoms with E-state index in [9.17, 15) is 4.39 Å². The summed E-state index contributed by atoms with van der Waals surface area (Å²) in [4.78, 5) is 0. The maximum absolute atomic E-state index is 13.4. The summed E-state index contributed by atoms with van der Waals surface area (Å²) in [5.41, 5.74) is 2.96. The molecule has 2 rings (SSSR count). The Labute approximate surface area is 117 Å². The first-order valence-corrected chi connectivity index (χ1v) is 6.31. The molecular formula is C15H16BFO3. The zero-order chi connectivity index (χ0) is 14.7. The molecule has 20 heavy (non-hydrogen) atoms. The third kappa shape index (κ3) is 3.59. The summed E-state index contributed by atoms with van der Waals surface area (Å²) < 4.78 is 18.9. The number of benzene rings is 2. The second-order valence-corrected chi connectivity index (χ2v) is 4.80. The zero-order valence-electron chi connectivity index (χ0n) is 11.4. The molecule has 0 fully saturated rings. The number of halogens is 1. The molecular weight excluding hydrogens is 258 g/mol. The van der Waals surface area contributed by atoms with Crippen LogP contribution in [-0.2, 0) is 6.61 Å². The predicted octanol–water partition coefficient (Wildman–Crippen LogP) is 1.70. The lowest BCUT2D eigenvalue weighted by atomic mass is 9.79. The van der Waals surface area contributed by atoms with Crippen LogP contribution in [0.4, 0.5) is 4.39 Å². The van der Waals surface area contributed by atoms with E-state index < -0.39 is 12.9 Å². The second kappa shape index (κ2) is 6.07. The van der Waals surface area contributed by atoms with E-state index in [1.165, 1.54) is 17.7 Å². The van der Waals surface area contributed by atoms with Gasteiger partial charge in [-0.3, -0.25) is 0 Å². The van der Waals surface area contributed by atoms with E-state index in [0.717, 1.165) is 11.6 Å². The Morgan fingerprint density at radius 2 is 1.80 bits per heavy atom. The first kappa shape index (κ1) is 14.6. The molecule has 0 heterocycles. The Morgan fingerprint density at radius 1 is 1.05 bits per heavy atom. The zero-order valence-corrected chi connectivity index (χ0v) is 11.4. The highest BCUT2D eigenvalue weighted by Gasteiger charge is 2.13. The standard InChI is InChI=1S/C15H16BFO3/c1-10-3-4-15(5-11(10)2)20-9-12-6-13(16(18)19)8-14(17)7-12/h3-8,18-19H,9H2,1-2H3. The second-order valence-electron chi connectivity index (χ2n) is 4.80. The molecule has 0 aliphatic heterocycles. The van der Waals surface area contributed by atoms with Crippen LogP contribution in [0.2, 0.25) is 0 Å². The van der Waals surface area contributed by atoms with Crippen LogP contribution in [0.25, 0.3) is 0 Å². The molecule has 5 heteroatoms. The van der Waals surface area contributed by atoms with Crippen LogP contribution in [0.3, 0.4) is 0 Å². The molecule has 0 saturated carbocycles. The molecule has 2 aromatic carbocycles. The molecule has 3 nitrogen and oxygen atoms in total. The summed E-state index contributed by atoms with van der Waals surface area (Å²) in [6.45, 7) is 4.17. The van der Waals surface area contributed by atoms with E-state index in [0.29, 0.717) is 11.3 Å². The quantitative estimate of drug-likeness (QED) is 0.834. The molecule has 2 N–H and O–H groups in total. The van der Waals surface area contributed by atoms with E-state index in [-0.39, 0.29) is 12.1 Å². The normalized spacial score (nSPS) is 10.4. The van der Waals surface area contributed by atoms with Gasteiger partial charge in [-0.25, -0.2) is 4.39 Å². The summed E-state index contributed by atoms with van der Waals surface area (Å²) >= 11 is 0. The largest absolute Gasteiger partial charge is 0.489 e. The Morgan fingerprint density at radius 3 is 2.45 bits per heavy atom. The van der Waals surface area contributed by atoms with Gasteiger partial charge in [-0.05, 0) is 60.3 Å². The van der Waals surface area contributed by atoms with Gasteiger partial charge in [0.25, 0.3) is 0 Å². The minimum Gasteiger partial charge on any atom is -0.489 e. The van der Waals surface area contributed by atoms with Crippen molar-refractivity contribution in [1.82, 2.24) is 0 Å². The van der Waals surface area contributed by atoms with Gasteiger partial charge in [0.15, 0.2) is 0 Å². The summed E-state index contributed by atoms with van der Waals surface area (Å²) in [6, 6.07) is 9.63. The molecule has 104 valence electrons. The molecule has 0 radical (unpaired) electrons. The molecule has 0 atom stereocenters. The van der Waals surface area contributed by atoms with Gasteiger partial charge in [-0.2, -0.15) is 0 Å². The molecule has 0 aromatic heterocycles. The van der Waals surface area contributed by atoms with Crippen molar-refractivity contribution in [2.45, 2.75) is 20.5 Å². The number of hydrogen-bond donors (Lipinski definition) is 2. The van der Waals surface area contributed by atoms with E-state index >= 15 is 0 Å². The average Bonchev–Trinajstić information content (AvgIpc) is 2.39. The highest BCUT2D eigenvalue weighted by Crippen LogP contribution is 2.17. The smallest absolute Gasteiger partial charge is 0.488 e. The van der Waals surface area contributed by atoms with Gasteiger partial charge >= 0.3 is 7.12 Å². The molecule has 0 unspecified atom stereocenters. The Bertz CT molecular complexity index is 614. The molecule has 2 aromatic rings. The first-order chi connectivity index (χ1) is 9.45. The minimum atomic E-state index is -1.69. The van der Waals surface area contributed by atoms with Gasteiger partial charge in [0.05, 0.1) is 0 Å². The molecule has 0 bridgehead atoms. The van der Waals surface area contributed by atoms with Crippen molar-refractivity contribution in [3.05, 3.63) is 58.9 Å². The lowest BCUT2D eigenvalue weighted by Gasteiger charge is -2.10. The Hall–Kier alpha value is -1.85. The molecule has 0 spiro atoms. The van der Waals surface area contributed by atoms with Crippen LogP contribution in [0, 0.1) is 19.7 Å². The van der Waals surface area contributed by atoms with Crippen molar-refractivity contribution in [1.29, 1.82) is 0 Å². The van der Waals surface area contributed by atoms with Crippen molar-refractivity contribution in [3.8, 4) is 5.75 Å². The van der Waals surface area contributed by atoms with Gasteiger partial charge in [0.1, 0.15) is 18.2 Å². The van der Waals surface area contributed by atoms with Crippen molar-refractivity contribution in [3.63, 3.8) is 0 Å². The van der Waals surface area contributed by atoms with Gasteiger partial charge in [-0.15, -0.1) is 0 Å². The fourth-order valence-corrected chi connectivity index (χ4v) is 1.88. The molecule has 0 amide bonds. The van der Waals surface area contributed by atoms with Crippen molar-refractivity contribution in [2.75, 3.05) is 0 Å². The summed E-state index contributed by atoms with van der Waals surface area (Å²) in [5, 5.41) is 18.1. The van der Waals surface area contributed by atoms with Crippen LogP contribution in [-0.4, -0.2) is 17.2 Å². The van der Waals surface area contributed by atoms with Crippen LogP contribution in [0.15, 0.2) is 36.4 Å². The first-order valence-electron chi connectivity index (χ1n) is 6.31. The van der Waals surface area contributed by atoms with Gasteiger partial charge in [0, 0.05) is 0 Å². The van der Waals surface area contributed by atoms with Crippen LogP contribution >= 0.6 is 0 Å². The third-order valence-corrected chi connectivity index (χ3v) is 3.16. The fraction of sp³-hybridized carbons (Fsp3) is 0.200. The Kier molecular flexibility index (Phi) is 4.42. The number of hydrogen-bond acceptors (Lipinski definition) is 3. The minimum absolute atomic E-state index is 0.115. The highest BCUT2D eigenvalue weighted by atomic mass is 19.1. The number of rotatable bonds is 4. The average molecular weight is 274 g/mol. The highest BCUT2D eigenvalue weighted by molar-refractivity contribution is 6.58. The number of aryl methyl sites for hydroxylation is 2. The van der Waals surface area contributed by atoms with E-state index in [1.54, 1.807) is 0 Å².